The maximum atomic E-state index is 13.0. The number of rotatable bonds is 9. The molecule has 1 aromatic heterocycles. The molecular formula is C20H29NO4. The van der Waals surface area contributed by atoms with Crippen molar-refractivity contribution >= 4 is 10.9 Å². The van der Waals surface area contributed by atoms with Crippen LogP contribution in [0.15, 0.2) is 23.0 Å². The van der Waals surface area contributed by atoms with Crippen LogP contribution in [0.5, 0.6) is 17.2 Å². The van der Waals surface area contributed by atoms with Gasteiger partial charge in [-0.3, -0.25) is 4.79 Å². The number of benzene rings is 1. The predicted molar refractivity (Wildman–Crippen MR) is 101 cm³/mol. The molecule has 0 aliphatic rings. The molecule has 0 atom stereocenters. The van der Waals surface area contributed by atoms with Crippen molar-refractivity contribution in [2.45, 2.75) is 59.1 Å². The summed E-state index contributed by atoms with van der Waals surface area (Å²) in [6, 6.07) is 5.69. The highest BCUT2D eigenvalue weighted by atomic mass is 16.5. The highest BCUT2D eigenvalue weighted by molar-refractivity contribution is 5.89. The van der Waals surface area contributed by atoms with Gasteiger partial charge in [-0.05, 0) is 32.4 Å². The summed E-state index contributed by atoms with van der Waals surface area (Å²) in [5.41, 5.74) is 0.660. The molecule has 1 heterocycles. The number of hydrogen-bond donors (Lipinski definition) is 0. The van der Waals surface area contributed by atoms with Crippen LogP contribution in [0.3, 0.4) is 0 Å². The Kier molecular flexibility index (Phi) is 6.73. The zero-order valence-corrected chi connectivity index (χ0v) is 15.9. The van der Waals surface area contributed by atoms with Gasteiger partial charge in [0.25, 0.3) is 5.56 Å². The van der Waals surface area contributed by atoms with Crippen molar-refractivity contribution in [2.24, 2.45) is 0 Å². The van der Waals surface area contributed by atoms with Crippen molar-refractivity contribution in [3.05, 3.63) is 28.6 Å². The molecule has 2 aromatic rings. The van der Waals surface area contributed by atoms with Gasteiger partial charge in [0, 0.05) is 18.0 Å². The van der Waals surface area contributed by atoms with Gasteiger partial charge in [-0.2, -0.15) is 0 Å². The minimum absolute atomic E-state index is 0.0565. The van der Waals surface area contributed by atoms with Crippen molar-refractivity contribution in [1.82, 2.24) is 4.57 Å². The van der Waals surface area contributed by atoms with Gasteiger partial charge in [-0.25, -0.2) is 0 Å². The quantitative estimate of drug-likeness (QED) is 0.631. The third-order valence-electron chi connectivity index (χ3n) is 4.18. The van der Waals surface area contributed by atoms with Gasteiger partial charge < -0.3 is 18.8 Å². The maximum absolute atomic E-state index is 13.0. The molecule has 0 unspecified atom stereocenters. The molecule has 0 fully saturated rings. The molecule has 0 spiro atoms. The van der Waals surface area contributed by atoms with E-state index >= 15 is 0 Å². The highest BCUT2D eigenvalue weighted by Crippen LogP contribution is 2.35. The lowest BCUT2D eigenvalue weighted by atomic mass is 10.1. The normalized spacial score (nSPS) is 11.1. The number of methoxy groups -OCH3 is 2. The Labute approximate surface area is 149 Å². The second-order valence-corrected chi connectivity index (χ2v) is 6.43. The Morgan fingerprint density at radius 2 is 1.80 bits per heavy atom. The summed E-state index contributed by atoms with van der Waals surface area (Å²) in [6.45, 7) is 6.70. The van der Waals surface area contributed by atoms with E-state index in [-0.39, 0.29) is 17.4 Å². The second kappa shape index (κ2) is 8.79. The summed E-state index contributed by atoms with van der Waals surface area (Å²) in [7, 11) is 3.14. The second-order valence-electron chi connectivity index (χ2n) is 6.43. The van der Waals surface area contributed by atoms with Crippen molar-refractivity contribution in [2.75, 3.05) is 14.2 Å². The number of aryl methyl sites for hydroxylation is 1. The van der Waals surface area contributed by atoms with Gasteiger partial charge in [-0.1, -0.05) is 26.2 Å². The lowest BCUT2D eigenvalue weighted by molar-refractivity contribution is 0.231. The molecule has 2 rings (SSSR count). The van der Waals surface area contributed by atoms with Crippen LogP contribution >= 0.6 is 0 Å². The van der Waals surface area contributed by atoms with Crippen molar-refractivity contribution < 1.29 is 14.2 Å². The molecule has 0 saturated heterocycles. The molecule has 1 aromatic carbocycles. The molecule has 0 bridgehead atoms. The Morgan fingerprint density at radius 1 is 1.04 bits per heavy atom. The lowest BCUT2D eigenvalue weighted by Crippen LogP contribution is -2.24. The molecular weight excluding hydrogens is 318 g/mol. The molecule has 0 N–H and O–H groups in total. The van der Waals surface area contributed by atoms with Gasteiger partial charge in [0.2, 0.25) is 5.75 Å². The minimum Gasteiger partial charge on any atom is -0.497 e. The fourth-order valence-corrected chi connectivity index (χ4v) is 2.96. The minimum atomic E-state index is -0.157. The number of aromatic nitrogens is 1. The third-order valence-corrected chi connectivity index (χ3v) is 4.18. The van der Waals surface area contributed by atoms with Gasteiger partial charge in [0.15, 0.2) is 5.75 Å². The molecule has 5 nitrogen and oxygen atoms in total. The van der Waals surface area contributed by atoms with Crippen LogP contribution in [0.1, 0.15) is 46.5 Å². The number of hydrogen-bond acceptors (Lipinski definition) is 4. The van der Waals surface area contributed by atoms with Crippen LogP contribution in [-0.4, -0.2) is 24.9 Å². The van der Waals surface area contributed by atoms with Crippen LogP contribution < -0.4 is 19.8 Å². The SMILES string of the molecule is CCCCCCn1c(=O)c(OC)c(OC(C)C)c2ccc(OC)cc21. The van der Waals surface area contributed by atoms with E-state index in [9.17, 15) is 4.79 Å². The summed E-state index contributed by atoms with van der Waals surface area (Å²) in [5.74, 6) is 1.49. The van der Waals surface area contributed by atoms with Gasteiger partial charge in [0.1, 0.15) is 5.75 Å². The predicted octanol–water partition coefficient (Wildman–Crippen LogP) is 4.39. The summed E-state index contributed by atoms with van der Waals surface area (Å²) < 4.78 is 18.5. The molecule has 0 aliphatic carbocycles. The highest BCUT2D eigenvalue weighted by Gasteiger charge is 2.20. The Balaban J connectivity index is 2.64. The van der Waals surface area contributed by atoms with Gasteiger partial charge in [0.05, 0.1) is 25.8 Å². The summed E-state index contributed by atoms with van der Waals surface area (Å²) >= 11 is 0. The van der Waals surface area contributed by atoms with Crippen LogP contribution in [-0.2, 0) is 6.54 Å². The first kappa shape index (κ1) is 19.2. The van der Waals surface area contributed by atoms with Crippen LogP contribution in [0.25, 0.3) is 10.9 Å². The van der Waals surface area contributed by atoms with Crippen LogP contribution in [0, 0.1) is 0 Å². The van der Waals surface area contributed by atoms with Gasteiger partial charge in [-0.15, -0.1) is 0 Å². The summed E-state index contributed by atoms with van der Waals surface area (Å²) in [4.78, 5) is 13.0. The number of ether oxygens (including phenoxy) is 3. The van der Waals surface area contributed by atoms with Crippen molar-refractivity contribution in [3.63, 3.8) is 0 Å². The van der Waals surface area contributed by atoms with E-state index in [2.05, 4.69) is 6.92 Å². The van der Waals surface area contributed by atoms with E-state index in [4.69, 9.17) is 14.2 Å². The van der Waals surface area contributed by atoms with E-state index in [0.29, 0.717) is 12.3 Å². The van der Waals surface area contributed by atoms with E-state index in [1.54, 1.807) is 11.7 Å². The number of fused-ring (bicyclic) bond motifs is 1. The first-order valence-corrected chi connectivity index (χ1v) is 8.98. The zero-order valence-electron chi connectivity index (χ0n) is 15.9. The van der Waals surface area contributed by atoms with Crippen molar-refractivity contribution in [3.8, 4) is 17.2 Å². The number of pyridine rings is 1. The average molecular weight is 347 g/mol. The average Bonchev–Trinajstić information content (AvgIpc) is 2.60. The largest absolute Gasteiger partial charge is 0.497 e. The van der Waals surface area contributed by atoms with E-state index < -0.39 is 0 Å². The Morgan fingerprint density at radius 3 is 2.40 bits per heavy atom. The Hall–Kier alpha value is -2.17. The molecule has 0 radical (unpaired) electrons. The summed E-state index contributed by atoms with van der Waals surface area (Å²) in [5, 5.41) is 0.862. The van der Waals surface area contributed by atoms with Crippen molar-refractivity contribution in [1.29, 1.82) is 0 Å². The molecule has 0 amide bonds. The van der Waals surface area contributed by atoms with Crippen LogP contribution in [0.4, 0.5) is 0 Å². The maximum Gasteiger partial charge on any atom is 0.297 e. The smallest absolute Gasteiger partial charge is 0.297 e. The molecule has 0 saturated carbocycles. The van der Waals surface area contributed by atoms with E-state index in [0.717, 1.165) is 35.9 Å². The standard InChI is InChI=1S/C20H29NO4/c1-6-7-8-9-12-21-17-13-15(23-4)10-11-16(17)18(25-14(2)3)19(24-5)20(21)22/h10-11,13-14H,6-9,12H2,1-5H3. The topological polar surface area (TPSA) is 49.7 Å². The fourth-order valence-electron chi connectivity index (χ4n) is 2.96. The van der Waals surface area contributed by atoms with Crippen LogP contribution in [0.2, 0.25) is 0 Å². The molecule has 5 heteroatoms. The Bertz CT molecular complexity index is 764. The fraction of sp³-hybridized carbons (Fsp3) is 0.550. The van der Waals surface area contributed by atoms with E-state index in [1.165, 1.54) is 13.5 Å². The van der Waals surface area contributed by atoms with E-state index in [1.807, 2.05) is 32.0 Å². The number of nitrogens with zero attached hydrogens (tertiary/aromatic N) is 1. The third kappa shape index (κ3) is 4.27. The molecule has 138 valence electrons. The first-order valence-electron chi connectivity index (χ1n) is 8.98. The monoisotopic (exact) mass is 347 g/mol. The molecule has 25 heavy (non-hydrogen) atoms. The number of unbranched alkanes of at least 4 members (excludes halogenated alkanes) is 3. The molecule has 0 aliphatic heterocycles. The summed E-state index contributed by atoms with van der Waals surface area (Å²) in [6.07, 6.45) is 4.32. The lowest BCUT2D eigenvalue weighted by Gasteiger charge is -2.19. The first-order chi connectivity index (χ1) is 12.0. The van der Waals surface area contributed by atoms with Gasteiger partial charge >= 0.3 is 0 Å². The zero-order chi connectivity index (χ0) is 18.4.